The summed E-state index contributed by atoms with van der Waals surface area (Å²) in [5.41, 5.74) is 1.01. The van der Waals surface area contributed by atoms with Crippen LogP contribution >= 0.6 is 0 Å². The number of esters is 1. The van der Waals surface area contributed by atoms with E-state index in [0.717, 1.165) is 17.9 Å². The minimum absolute atomic E-state index is 0.000611. The fraction of sp³-hybridized carbons (Fsp3) is 0.267. The molecule has 0 aliphatic heterocycles. The number of halogens is 3. The van der Waals surface area contributed by atoms with E-state index in [2.05, 4.69) is 10.1 Å². The van der Waals surface area contributed by atoms with E-state index >= 15 is 0 Å². The quantitative estimate of drug-likeness (QED) is 0.689. The molecule has 0 spiro atoms. The number of rotatable bonds is 3. The van der Waals surface area contributed by atoms with Crippen molar-refractivity contribution in [1.82, 2.24) is 19.3 Å². The molecular formula is C15H13F3N4O2. The summed E-state index contributed by atoms with van der Waals surface area (Å²) in [7, 11) is 3.25. The molecule has 0 bridgehead atoms. The molecule has 1 atom stereocenters. The molecule has 3 aromatic rings. The average molecular weight is 338 g/mol. The summed E-state index contributed by atoms with van der Waals surface area (Å²) in [4.78, 5) is 16.2. The number of fused-ring (bicyclic) bond motifs is 1. The number of nitrogens with zero attached hydrogens (tertiary/aromatic N) is 4. The van der Waals surface area contributed by atoms with Crippen LogP contribution in [0.2, 0.25) is 0 Å². The third-order valence-electron chi connectivity index (χ3n) is 3.51. The fourth-order valence-corrected chi connectivity index (χ4v) is 2.34. The van der Waals surface area contributed by atoms with Crippen molar-refractivity contribution in [2.45, 2.75) is 12.3 Å². The lowest BCUT2D eigenvalue weighted by molar-refractivity contribution is -0.207. The van der Waals surface area contributed by atoms with Crippen molar-refractivity contribution in [1.29, 1.82) is 0 Å². The molecule has 6 nitrogen and oxygen atoms in total. The van der Waals surface area contributed by atoms with Crippen LogP contribution in [-0.2, 0) is 18.8 Å². The first kappa shape index (κ1) is 16.0. The molecule has 0 saturated carbocycles. The summed E-state index contributed by atoms with van der Waals surface area (Å²) in [6.45, 7) is 0. The highest BCUT2D eigenvalue weighted by molar-refractivity contribution is 5.93. The molecule has 9 heteroatoms. The molecule has 0 saturated heterocycles. The van der Waals surface area contributed by atoms with Gasteiger partial charge in [-0.25, -0.2) is 9.78 Å². The van der Waals surface area contributed by atoms with Crippen molar-refractivity contribution in [3.63, 3.8) is 0 Å². The Labute approximate surface area is 134 Å². The summed E-state index contributed by atoms with van der Waals surface area (Å²) < 4.78 is 47.3. The molecule has 0 fully saturated rings. The fourth-order valence-electron chi connectivity index (χ4n) is 2.34. The van der Waals surface area contributed by atoms with Crippen molar-refractivity contribution < 1.29 is 22.7 Å². The zero-order valence-corrected chi connectivity index (χ0v) is 12.8. The molecule has 3 rings (SSSR count). The summed E-state index contributed by atoms with van der Waals surface area (Å²) in [6, 6.07) is 4.41. The van der Waals surface area contributed by atoms with Gasteiger partial charge >= 0.3 is 12.1 Å². The molecule has 2 aromatic heterocycles. The lowest BCUT2D eigenvalue weighted by Crippen LogP contribution is -2.26. The van der Waals surface area contributed by atoms with Crippen LogP contribution in [0.1, 0.15) is 22.0 Å². The second-order valence-corrected chi connectivity index (χ2v) is 5.33. The molecule has 0 N–H and O–H groups in total. The summed E-state index contributed by atoms with van der Waals surface area (Å²) in [5.74, 6) is -1.08. The molecule has 0 aliphatic rings. The normalized spacial score (nSPS) is 13.2. The van der Waals surface area contributed by atoms with Gasteiger partial charge in [0.25, 0.3) is 0 Å². The lowest BCUT2D eigenvalue weighted by atomic mass is 10.1. The van der Waals surface area contributed by atoms with E-state index in [1.807, 2.05) is 0 Å². The van der Waals surface area contributed by atoms with Gasteiger partial charge in [-0.05, 0) is 18.2 Å². The molecule has 126 valence electrons. The van der Waals surface area contributed by atoms with Gasteiger partial charge in [-0.15, -0.1) is 0 Å². The second-order valence-electron chi connectivity index (χ2n) is 5.33. The van der Waals surface area contributed by atoms with Crippen LogP contribution in [0.3, 0.4) is 0 Å². The highest BCUT2D eigenvalue weighted by Gasteiger charge is 2.45. The maximum absolute atomic E-state index is 13.2. The molecule has 1 aromatic carbocycles. The monoisotopic (exact) mass is 338 g/mol. The van der Waals surface area contributed by atoms with Gasteiger partial charge in [-0.1, -0.05) is 0 Å². The van der Waals surface area contributed by atoms with Gasteiger partial charge in [0, 0.05) is 25.9 Å². The largest absolute Gasteiger partial charge is 0.444 e. The lowest BCUT2D eigenvalue weighted by Gasteiger charge is -2.19. The van der Waals surface area contributed by atoms with Crippen molar-refractivity contribution in [2.75, 3.05) is 0 Å². The smallest absolute Gasteiger partial charge is 0.429 e. The van der Waals surface area contributed by atoms with Crippen molar-refractivity contribution >= 4 is 17.0 Å². The third kappa shape index (κ3) is 2.97. The zero-order valence-electron chi connectivity index (χ0n) is 12.8. The summed E-state index contributed by atoms with van der Waals surface area (Å²) >= 11 is 0. The van der Waals surface area contributed by atoms with Crippen LogP contribution in [0.15, 0.2) is 36.9 Å². The molecule has 24 heavy (non-hydrogen) atoms. The Morgan fingerprint density at radius 3 is 2.67 bits per heavy atom. The maximum atomic E-state index is 13.2. The first-order valence-corrected chi connectivity index (χ1v) is 6.93. The van der Waals surface area contributed by atoms with Gasteiger partial charge in [0.15, 0.2) is 0 Å². The van der Waals surface area contributed by atoms with Crippen molar-refractivity contribution in [3.05, 3.63) is 48.0 Å². The van der Waals surface area contributed by atoms with Crippen molar-refractivity contribution in [2.24, 2.45) is 14.1 Å². The predicted octanol–water partition coefficient (Wildman–Crippen LogP) is 2.77. The van der Waals surface area contributed by atoms with Gasteiger partial charge < -0.3 is 9.30 Å². The number of ether oxygens (including phenoxy) is 1. The summed E-state index contributed by atoms with van der Waals surface area (Å²) in [5, 5.41) is 3.69. The number of carbonyl (C=O) groups is 1. The zero-order chi connectivity index (χ0) is 17.5. The van der Waals surface area contributed by atoms with Crippen LogP contribution in [0, 0.1) is 0 Å². The van der Waals surface area contributed by atoms with Crippen LogP contribution in [0.5, 0.6) is 0 Å². The second kappa shape index (κ2) is 5.66. The number of hydrogen-bond donors (Lipinski definition) is 0. The predicted molar refractivity (Wildman–Crippen MR) is 78.1 cm³/mol. The number of aromatic nitrogens is 4. The average Bonchev–Trinajstić information content (AvgIpc) is 3.09. The van der Waals surface area contributed by atoms with Crippen molar-refractivity contribution in [3.8, 4) is 0 Å². The Hall–Kier alpha value is -2.84. The molecule has 2 heterocycles. The number of alkyl halides is 3. The van der Waals surface area contributed by atoms with Crippen LogP contribution in [0.25, 0.3) is 11.0 Å². The number of benzene rings is 1. The highest BCUT2D eigenvalue weighted by Crippen LogP contribution is 2.36. The molecule has 0 amide bonds. The Kier molecular flexibility index (Phi) is 3.78. The first-order chi connectivity index (χ1) is 11.3. The van der Waals surface area contributed by atoms with E-state index < -0.39 is 18.2 Å². The highest BCUT2D eigenvalue weighted by atomic mass is 19.4. The number of imidazole rings is 1. The van der Waals surface area contributed by atoms with Gasteiger partial charge in [0.1, 0.15) is 0 Å². The van der Waals surface area contributed by atoms with Gasteiger partial charge in [0.2, 0.25) is 6.10 Å². The van der Waals surface area contributed by atoms with E-state index in [4.69, 9.17) is 4.74 Å². The van der Waals surface area contributed by atoms with E-state index in [0.29, 0.717) is 5.52 Å². The third-order valence-corrected chi connectivity index (χ3v) is 3.51. The molecule has 0 aliphatic carbocycles. The minimum Gasteiger partial charge on any atom is -0.444 e. The van der Waals surface area contributed by atoms with Gasteiger partial charge in [-0.3, -0.25) is 4.68 Å². The number of aryl methyl sites for hydroxylation is 2. The van der Waals surface area contributed by atoms with E-state index in [1.54, 1.807) is 24.0 Å². The van der Waals surface area contributed by atoms with E-state index in [1.165, 1.54) is 23.9 Å². The standard InChI is InChI=1S/C15H13F3N4O2/c1-21-8-19-11-5-9(3-4-12(11)21)14(23)24-13(15(16,17)18)10-6-20-22(2)7-10/h3-8,13H,1-2H3/t13-/m1/s1. The molecular weight excluding hydrogens is 325 g/mol. The van der Waals surface area contributed by atoms with E-state index in [-0.39, 0.29) is 11.1 Å². The minimum atomic E-state index is -4.74. The van der Waals surface area contributed by atoms with Crippen LogP contribution in [-0.4, -0.2) is 31.5 Å². The van der Waals surface area contributed by atoms with Gasteiger partial charge in [0.05, 0.1) is 29.1 Å². The van der Waals surface area contributed by atoms with Crippen LogP contribution in [0.4, 0.5) is 13.2 Å². The Bertz CT molecular complexity index is 898. The SMILES string of the molecule is Cn1cc([C@@H](OC(=O)c2ccc3c(c2)ncn3C)C(F)(F)F)cn1. The summed E-state index contributed by atoms with van der Waals surface area (Å²) in [6.07, 6.45) is -3.39. The Morgan fingerprint density at radius 1 is 1.29 bits per heavy atom. The number of hydrogen-bond acceptors (Lipinski definition) is 4. The topological polar surface area (TPSA) is 61.9 Å². The first-order valence-electron chi connectivity index (χ1n) is 6.93. The maximum Gasteiger partial charge on any atom is 0.429 e. The molecule has 0 unspecified atom stereocenters. The Balaban J connectivity index is 1.89. The van der Waals surface area contributed by atoms with Gasteiger partial charge in [-0.2, -0.15) is 18.3 Å². The van der Waals surface area contributed by atoms with E-state index in [9.17, 15) is 18.0 Å². The van der Waals surface area contributed by atoms with Crippen LogP contribution < -0.4 is 0 Å². The number of carbonyl (C=O) groups excluding carboxylic acids is 1. The Morgan fingerprint density at radius 2 is 2.04 bits per heavy atom. The molecule has 0 radical (unpaired) electrons.